The van der Waals surface area contributed by atoms with Crippen LogP contribution in [-0.2, 0) is 19.1 Å². The Balaban J connectivity index is 0.941. The van der Waals surface area contributed by atoms with Crippen LogP contribution in [0.25, 0.3) is 20.7 Å². The highest BCUT2D eigenvalue weighted by molar-refractivity contribution is 7.22. The van der Waals surface area contributed by atoms with Crippen LogP contribution in [0.2, 0.25) is 0 Å². The topological polar surface area (TPSA) is 146 Å². The number of β-amino-alcohol motifs (C(OH)–C–C–N with tert-alkyl or cyclic N) is 1. The number of aliphatic hydroxyl groups is 1. The highest BCUT2D eigenvalue weighted by Crippen LogP contribution is 2.36. The van der Waals surface area contributed by atoms with Crippen molar-refractivity contribution < 1.29 is 33.4 Å². The molecule has 12 nitrogen and oxygen atoms in total. The number of hydrogen-bond acceptors (Lipinski definition) is 11. The molecule has 308 valence electrons. The molecule has 0 radical (unpaired) electrons. The molecule has 3 N–H and O–H groups in total. The summed E-state index contributed by atoms with van der Waals surface area (Å²) >= 11 is 3.11. The summed E-state index contributed by atoms with van der Waals surface area (Å²) in [6.45, 7) is 12.7. The van der Waals surface area contributed by atoms with Crippen molar-refractivity contribution in [1.82, 2.24) is 25.5 Å². The van der Waals surface area contributed by atoms with Crippen LogP contribution in [0, 0.1) is 18.2 Å². The van der Waals surface area contributed by atoms with Gasteiger partial charge in [0.1, 0.15) is 17.6 Å². The quantitative estimate of drug-likeness (QED) is 0.104. The second-order valence-electron chi connectivity index (χ2n) is 16.1. The SMILES string of the molecule is Cc1ncsc1-c1ccc([C@H](C)NC(=O)[C@@H]2C[C@@H](O)CN2C(=O)[C@@H](NC(=O)CCCCCCCOc2c(F)ccc3sc(N4CCOCC4)nc23)C(C)(C)C)cc1. The second kappa shape index (κ2) is 19.0. The zero-order valence-electron chi connectivity index (χ0n) is 33.5. The summed E-state index contributed by atoms with van der Waals surface area (Å²) in [5.41, 5.74) is 4.67. The van der Waals surface area contributed by atoms with Crippen LogP contribution in [0.3, 0.4) is 0 Å². The van der Waals surface area contributed by atoms with E-state index in [1.807, 2.05) is 64.4 Å². The zero-order chi connectivity index (χ0) is 40.7. The van der Waals surface area contributed by atoms with Gasteiger partial charge in [-0.15, -0.1) is 11.3 Å². The summed E-state index contributed by atoms with van der Waals surface area (Å²) in [7, 11) is 0. The van der Waals surface area contributed by atoms with Gasteiger partial charge in [-0.3, -0.25) is 14.4 Å². The zero-order valence-corrected chi connectivity index (χ0v) is 35.1. The highest BCUT2D eigenvalue weighted by atomic mass is 32.1. The predicted octanol–water partition coefficient (Wildman–Crippen LogP) is 6.79. The number of anilines is 1. The van der Waals surface area contributed by atoms with Crippen molar-refractivity contribution in [3.05, 3.63) is 59.0 Å². The van der Waals surface area contributed by atoms with Gasteiger partial charge in [-0.25, -0.2) is 14.4 Å². The van der Waals surface area contributed by atoms with E-state index in [0.717, 1.165) is 70.3 Å². The van der Waals surface area contributed by atoms with Crippen LogP contribution < -0.4 is 20.3 Å². The average molecular weight is 823 g/mol. The van der Waals surface area contributed by atoms with E-state index in [1.54, 1.807) is 17.4 Å². The van der Waals surface area contributed by atoms with E-state index in [0.29, 0.717) is 31.8 Å². The van der Waals surface area contributed by atoms with Crippen LogP contribution in [0.4, 0.5) is 9.52 Å². The van der Waals surface area contributed by atoms with Gasteiger partial charge in [-0.05, 0) is 55.4 Å². The molecule has 4 atom stereocenters. The number of rotatable bonds is 16. The summed E-state index contributed by atoms with van der Waals surface area (Å²) in [6.07, 6.45) is 3.45. The van der Waals surface area contributed by atoms with Crippen molar-refractivity contribution >= 4 is 55.7 Å². The first-order valence-corrected chi connectivity index (χ1v) is 21.6. The van der Waals surface area contributed by atoms with E-state index in [4.69, 9.17) is 14.5 Å². The molecule has 4 heterocycles. The van der Waals surface area contributed by atoms with Gasteiger partial charge in [-0.1, -0.05) is 75.6 Å². The number of morpholine rings is 1. The van der Waals surface area contributed by atoms with E-state index in [-0.39, 0.29) is 48.9 Å². The monoisotopic (exact) mass is 822 g/mol. The lowest BCUT2D eigenvalue weighted by molar-refractivity contribution is -0.144. The van der Waals surface area contributed by atoms with Crippen LogP contribution in [0.1, 0.15) is 89.9 Å². The number of unbranched alkanes of at least 4 members (excludes halogenated alkanes) is 4. The molecular formula is C42H55FN6O6S2. The molecule has 0 saturated carbocycles. The number of halogens is 1. The summed E-state index contributed by atoms with van der Waals surface area (Å²) in [5, 5.41) is 17.4. The Kier molecular flexibility index (Phi) is 14.2. The molecule has 2 saturated heterocycles. The fourth-order valence-corrected chi connectivity index (χ4v) is 9.13. The number of likely N-dealkylation sites (tertiary alicyclic amines) is 1. The molecule has 2 aliphatic rings. The van der Waals surface area contributed by atoms with Crippen LogP contribution in [0.15, 0.2) is 41.9 Å². The predicted molar refractivity (Wildman–Crippen MR) is 222 cm³/mol. The number of carbonyl (C=O) groups excluding carboxylic acids is 3. The number of nitrogens with zero attached hydrogens (tertiary/aromatic N) is 4. The molecule has 57 heavy (non-hydrogen) atoms. The van der Waals surface area contributed by atoms with Gasteiger partial charge in [0.15, 0.2) is 16.7 Å². The molecule has 3 amide bonds. The number of aromatic nitrogens is 2. The van der Waals surface area contributed by atoms with E-state index in [1.165, 1.54) is 22.3 Å². The molecule has 0 spiro atoms. The first-order chi connectivity index (χ1) is 27.3. The Labute approximate surface area is 342 Å². The minimum atomic E-state index is -0.879. The van der Waals surface area contributed by atoms with Gasteiger partial charge in [0, 0.05) is 32.5 Å². The Bertz CT molecular complexity index is 1990. The number of aliphatic hydroxyl groups excluding tert-OH is 1. The smallest absolute Gasteiger partial charge is 0.246 e. The maximum absolute atomic E-state index is 14.8. The number of nitrogens with one attached hydrogen (secondary N) is 2. The molecule has 2 aromatic carbocycles. The van der Waals surface area contributed by atoms with E-state index in [2.05, 4.69) is 20.5 Å². The first kappa shape index (κ1) is 42.4. The Morgan fingerprint density at radius 1 is 1.04 bits per heavy atom. The summed E-state index contributed by atoms with van der Waals surface area (Å²) < 4.78 is 27.0. The lowest BCUT2D eigenvalue weighted by Crippen LogP contribution is -2.57. The van der Waals surface area contributed by atoms with Gasteiger partial charge >= 0.3 is 0 Å². The number of hydrogen-bond donors (Lipinski definition) is 3. The molecule has 0 bridgehead atoms. The van der Waals surface area contributed by atoms with Crippen LogP contribution in [-0.4, -0.2) is 95.3 Å². The maximum atomic E-state index is 14.8. The first-order valence-electron chi connectivity index (χ1n) is 19.9. The average Bonchev–Trinajstić information content (AvgIpc) is 3.93. The molecule has 0 unspecified atom stereocenters. The van der Waals surface area contributed by atoms with Crippen molar-refractivity contribution in [2.24, 2.45) is 5.41 Å². The number of ether oxygens (including phenoxy) is 2. The van der Waals surface area contributed by atoms with Crippen molar-refractivity contribution in [1.29, 1.82) is 0 Å². The largest absolute Gasteiger partial charge is 0.488 e. The third kappa shape index (κ3) is 10.7. The Morgan fingerprint density at radius 3 is 2.46 bits per heavy atom. The van der Waals surface area contributed by atoms with E-state index in [9.17, 15) is 23.9 Å². The molecule has 15 heteroatoms. The summed E-state index contributed by atoms with van der Waals surface area (Å²) in [4.78, 5) is 54.5. The minimum Gasteiger partial charge on any atom is -0.488 e. The molecule has 0 aliphatic carbocycles. The Morgan fingerprint density at radius 2 is 1.75 bits per heavy atom. The fourth-order valence-electron chi connectivity index (χ4n) is 7.30. The third-order valence-electron chi connectivity index (χ3n) is 10.6. The minimum absolute atomic E-state index is 0.0153. The lowest BCUT2D eigenvalue weighted by atomic mass is 9.85. The van der Waals surface area contributed by atoms with Gasteiger partial charge in [0.05, 0.1) is 52.7 Å². The van der Waals surface area contributed by atoms with Gasteiger partial charge in [-0.2, -0.15) is 0 Å². The van der Waals surface area contributed by atoms with Crippen molar-refractivity contribution in [2.45, 2.75) is 104 Å². The van der Waals surface area contributed by atoms with Crippen molar-refractivity contribution in [3.63, 3.8) is 0 Å². The second-order valence-corrected chi connectivity index (χ2v) is 17.9. The standard InChI is InChI=1S/C42H55FN6O6S2/c1-26(28-12-14-29(15-13-28)37-27(2)44-25-56-37)45-39(52)32-23-30(50)24-49(32)40(53)38(42(3,4)5)46-34(51)11-9-7-6-8-10-20-55-36-31(43)16-17-33-35(36)47-41(57-33)48-18-21-54-22-19-48/h12-17,25-26,30,32,38,50H,6-11,18-24H2,1-5H3,(H,45,52)(H,46,51)/t26-,30+,32-,38+/m0/s1. The molecule has 4 aromatic rings. The van der Waals surface area contributed by atoms with E-state index < -0.39 is 29.4 Å². The molecular weight excluding hydrogens is 768 g/mol. The number of aryl methyl sites for hydroxylation is 1. The summed E-state index contributed by atoms with van der Waals surface area (Å²) in [5.74, 6) is -1.19. The number of fused-ring (bicyclic) bond motifs is 1. The van der Waals surface area contributed by atoms with Crippen LogP contribution in [0.5, 0.6) is 5.75 Å². The fraction of sp³-hybridized carbons (Fsp3) is 0.548. The highest BCUT2D eigenvalue weighted by Gasteiger charge is 2.44. The Hall–Kier alpha value is -4.18. The van der Waals surface area contributed by atoms with Crippen molar-refractivity contribution in [2.75, 3.05) is 44.4 Å². The molecule has 2 fully saturated rings. The molecule has 6 rings (SSSR count). The van der Waals surface area contributed by atoms with Gasteiger partial charge in [0.2, 0.25) is 17.7 Å². The van der Waals surface area contributed by atoms with Gasteiger partial charge < -0.3 is 35.0 Å². The third-order valence-corrected chi connectivity index (χ3v) is 12.7. The van der Waals surface area contributed by atoms with E-state index >= 15 is 0 Å². The summed E-state index contributed by atoms with van der Waals surface area (Å²) in [6, 6.07) is 9.07. The molecule has 2 aromatic heterocycles. The lowest BCUT2D eigenvalue weighted by Gasteiger charge is -2.35. The van der Waals surface area contributed by atoms with Crippen molar-refractivity contribution in [3.8, 4) is 16.2 Å². The normalized spacial score (nSPS) is 18.4. The number of thiazole rings is 2. The number of carbonyl (C=O) groups is 3. The van der Waals surface area contributed by atoms with Crippen LogP contribution >= 0.6 is 22.7 Å². The maximum Gasteiger partial charge on any atom is 0.246 e. The number of amides is 3. The number of benzene rings is 2. The molecule has 2 aliphatic heterocycles. The van der Waals surface area contributed by atoms with Gasteiger partial charge in [0.25, 0.3) is 0 Å².